The SMILES string of the molecule is CCCCC=C(C(=O)O)C(CC)(C(=O)O)C1CCCC1. The molecule has 0 radical (unpaired) electrons. The van der Waals surface area contributed by atoms with Gasteiger partial charge in [0.1, 0.15) is 5.41 Å². The van der Waals surface area contributed by atoms with E-state index in [9.17, 15) is 19.8 Å². The first-order valence-corrected chi connectivity index (χ1v) is 7.68. The fraction of sp³-hybridized carbons (Fsp3) is 0.750. The van der Waals surface area contributed by atoms with E-state index in [0.717, 1.165) is 38.5 Å². The highest BCUT2D eigenvalue weighted by atomic mass is 16.4. The molecule has 1 aliphatic rings. The molecule has 114 valence electrons. The van der Waals surface area contributed by atoms with Crippen LogP contribution in [-0.2, 0) is 9.59 Å². The number of hydrogen-bond donors (Lipinski definition) is 2. The molecule has 2 N–H and O–H groups in total. The van der Waals surface area contributed by atoms with Gasteiger partial charge in [0, 0.05) is 0 Å². The van der Waals surface area contributed by atoms with Crippen molar-refractivity contribution in [2.75, 3.05) is 0 Å². The molecule has 4 nitrogen and oxygen atoms in total. The van der Waals surface area contributed by atoms with Crippen LogP contribution in [0.25, 0.3) is 0 Å². The molecule has 1 unspecified atom stereocenters. The number of carboxylic acids is 2. The molecule has 0 aromatic rings. The molecule has 4 heteroatoms. The van der Waals surface area contributed by atoms with Crippen LogP contribution in [0.1, 0.15) is 65.2 Å². The smallest absolute Gasteiger partial charge is 0.332 e. The predicted octanol–water partition coefficient (Wildman–Crippen LogP) is 3.86. The molecule has 20 heavy (non-hydrogen) atoms. The Morgan fingerprint density at radius 2 is 1.80 bits per heavy atom. The normalized spacial score (nSPS) is 19.8. The van der Waals surface area contributed by atoms with Crippen LogP contribution >= 0.6 is 0 Å². The molecule has 0 saturated heterocycles. The van der Waals surface area contributed by atoms with Crippen molar-refractivity contribution in [1.29, 1.82) is 0 Å². The molecule has 1 saturated carbocycles. The summed E-state index contributed by atoms with van der Waals surface area (Å²) in [7, 11) is 0. The fourth-order valence-electron chi connectivity index (χ4n) is 3.47. The number of unbranched alkanes of at least 4 members (excludes halogenated alkanes) is 2. The van der Waals surface area contributed by atoms with E-state index in [2.05, 4.69) is 0 Å². The monoisotopic (exact) mass is 282 g/mol. The Labute approximate surface area is 120 Å². The Kier molecular flexibility index (Phi) is 6.24. The van der Waals surface area contributed by atoms with Gasteiger partial charge in [0.25, 0.3) is 0 Å². The van der Waals surface area contributed by atoms with E-state index in [1.54, 1.807) is 13.0 Å². The van der Waals surface area contributed by atoms with Crippen LogP contribution in [0, 0.1) is 11.3 Å². The van der Waals surface area contributed by atoms with Gasteiger partial charge in [0.2, 0.25) is 0 Å². The van der Waals surface area contributed by atoms with Crippen molar-refractivity contribution in [3.63, 3.8) is 0 Å². The number of carboxylic acid groups (broad SMARTS) is 2. The minimum absolute atomic E-state index is 0.0472. The van der Waals surface area contributed by atoms with Crippen molar-refractivity contribution in [2.24, 2.45) is 11.3 Å². The quantitative estimate of drug-likeness (QED) is 0.523. The van der Waals surface area contributed by atoms with Crippen molar-refractivity contribution < 1.29 is 19.8 Å². The average Bonchev–Trinajstić information content (AvgIpc) is 2.92. The molecular formula is C16H26O4. The number of aliphatic carboxylic acids is 2. The summed E-state index contributed by atoms with van der Waals surface area (Å²) in [5, 5.41) is 19.3. The lowest BCUT2D eigenvalue weighted by molar-refractivity contribution is -0.153. The third kappa shape index (κ3) is 3.22. The summed E-state index contributed by atoms with van der Waals surface area (Å²) in [4.78, 5) is 23.5. The van der Waals surface area contributed by atoms with Crippen molar-refractivity contribution in [3.8, 4) is 0 Å². The topological polar surface area (TPSA) is 74.6 Å². The molecule has 0 heterocycles. The number of rotatable bonds is 8. The Morgan fingerprint density at radius 3 is 2.20 bits per heavy atom. The van der Waals surface area contributed by atoms with Gasteiger partial charge in [-0.2, -0.15) is 0 Å². The van der Waals surface area contributed by atoms with E-state index >= 15 is 0 Å². The summed E-state index contributed by atoms with van der Waals surface area (Å²) in [6.45, 7) is 3.83. The molecule has 1 atom stereocenters. The van der Waals surface area contributed by atoms with Crippen LogP contribution in [0.2, 0.25) is 0 Å². The summed E-state index contributed by atoms with van der Waals surface area (Å²) < 4.78 is 0. The number of allylic oxidation sites excluding steroid dienone is 1. The maximum absolute atomic E-state index is 11.9. The molecule has 1 aliphatic carbocycles. The molecule has 1 rings (SSSR count). The molecular weight excluding hydrogens is 256 g/mol. The van der Waals surface area contributed by atoms with Crippen molar-refractivity contribution >= 4 is 11.9 Å². The van der Waals surface area contributed by atoms with Gasteiger partial charge in [-0.05, 0) is 31.6 Å². The maximum atomic E-state index is 11.9. The highest BCUT2D eigenvalue weighted by molar-refractivity contribution is 5.96. The minimum Gasteiger partial charge on any atom is -0.481 e. The molecule has 0 spiro atoms. The first kappa shape index (κ1) is 16.7. The Morgan fingerprint density at radius 1 is 1.20 bits per heavy atom. The minimum atomic E-state index is -1.21. The van der Waals surface area contributed by atoms with Gasteiger partial charge in [-0.25, -0.2) is 4.79 Å². The zero-order chi connectivity index (χ0) is 15.2. The van der Waals surface area contributed by atoms with E-state index in [4.69, 9.17) is 0 Å². The van der Waals surface area contributed by atoms with Crippen LogP contribution < -0.4 is 0 Å². The van der Waals surface area contributed by atoms with Crippen LogP contribution in [0.4, 0.5) is 0 Å². The Hall–Kier alpha value is -1.32. The molecule has 0 amide bonds. The fourth-order valence-corrected chi connectivity index (χ4v) is 3.47. The summed E-state index contributed by atoms with van der Waals surface area (Å²) in [5.74, 6) is -2.09. The van der Waals surface area contributed by atoms with Gasteiger partial charge >= 0.3 is 11.9 Å². The first-order chi connectivity index (χ1) is 9.50. The van der Waals surface area contributed by atoms with E-state index in [0.29, 0.717) is 12.8 Å². The van der Waals surface area contributed by atoms with Crippen LogP contribution in [0.5, 0.6) is 0 Å². The van der Waals surface area contributed by atoms with Gasteiger partial charge < -0.3 is 10.2 Å². The van der Waals surface area contributed by atoms with E-state index in [1.807, 2.05) is 6.92 Å². The average molecular weight is 282 g/mol. The summed E-state index contributed by atoms with van der Waals surface area (Å²) in [5.41, 5.74) is -1.11. The third-order valence-electron chi connectivity index (χ3n) is 4.61. The molecule has 0 aliphatic heterocycles. The second-order valence-electron chi connectivity index (χ2n) is 5.68. The van der Waals surface area contributed by atoms with E-state index in [-0.39, 0.29) is 11.5 Å². The second-order valence-corrected chi connectivity index (χ2v) is 5.68. The predicted molar refractivity (Wildman–Crippen MR) is 77.6 cm³/mol. The van der Waals surface area contributed by atoms with Gasteiger partial charge in [0.05, 0.1) is 5.57 Å². The number of carbonyl (C=O) groups is 2. The van der Waals surface area contributed by atoms with Crippen LogP contribution in [-0.4, -0.2) is 22.2 Å². The van der Waals surface area contributed by atoms with Crippen molar-refractivity contribution in [2.45, 2.75) is 65.2 Å². The Bertz CT molecular complexity index is 380. The third-order valence-corrected chi connectivity index (χ3v) is 4.61. The van der Waals surface area contributed by atoms with Gasteiger partial charge in [-0.3, -0.25) is 4.79 Å². The molecule has 0 aromatic carbocycles. The summed E-state index contributed by atoms with van der Waals surface area (Å²) in [6.07, 6.45) is 8.14. The standard InChI is InChI=1S/C16H26O4/c1-3-5-6-11-13(14(17)18)16(4-2,15(19)20)12-9-7-8-10-12/h11-12H,3-10H2,1-2H3,(H,17,18)(H,19,20). The Balaban J connectivity index is 3.19. The van der Waals surface area contributed by atoms with Crippen LogP contribution in [0.15, 0.2) is 11.6 Å². The lowest BCUT2D eigenvalue weighted by Gasteiger charge is -2.35. The number of hydrogen-bond acceptors (Lipinski definition) is 2. The van der Waals surface area contributed by atoms with Crippen LogP contribution in [0.3, 0.4) is 0 Å². The molecule has 0 bridgehead atoms. The van der Waals surface area contributed by atoms with Gasteiger partial charge in [0.15, 0.2) is 0 Å². The van der Waals surface area contributed by atoms with E-state index in [1.165, 1.54) is 0 Å². The van der Waals surface area contributed by atoms with Gasteiger partial charge in [-0.15, -0.1) is 0 Å². The van der Waals surface area contributed by atoms with Crippen molar-refractivity contribution in [3.05, 3.63) is 11.6 Å². The lowest BCUT2D eigenvalue weighted by atomic mass is 9.66. The highest BCUT2D eigenvalue weighted by Gasteiger charge is 2.50. The summed E-state index contributed by atoms with van der Waals surface area (Å²) in [6, 6.07) is 0. The van der Waals surface area contributed by atoms with E-state index < -0.39 is 17.4 Å². The summed E-state index contributed by atoms with van der Waals surface area (Å²) >= 11 is 0. The highest BCUT2D eigenvalue weighted by Crippen LogP contribution is 2.47. The second kappa shape index (κ2) is 7.46. The zero-order valence-electron chi connectivity index (χ0n) is 12.5. The molecule has 1 fully saturated rings. The maximum Gasteiger partial charge on any atom is 0.332 e. The lowest BCUT2D eigenvalue weighted by Crippen LogP contribution is -2.41. The van der Waals surface area contributed by atoms with Gasteiger partial charge in [-0.1, -0.05) is 45.6 Å². The van der Waals surface area contributed by atoms with Crippen molar-refractivity contribution in [1.82, 2.24) is 0 Å². The first-order valence-electron chi connectivity index (χ1n) is 7.68. The molecule has 0 aromatic heterocycles. The zero-order valence-corrected chi connectivity index (χ0v) is 12.5. The largest absolute Gasteiger partial charge is 0.481 e.